The summed E-state index contributed by atoms with van der Waals surface area (Å²) in [6.45, 7) is 2.44. The Morgan fingerprint density at radius 2 is 1.66 bits per heavy atom. The lowest BCUT2D eigenvalue weighted by Gasteiger charge is -2.26. The fraction of sp³-hybridized carbons (Fsp3) is 0.556. The largest absolute Gasteiger partial charge is 0.481 e. The van der Waals surface area contributed by atoms with Crippen LogP contribution in [0, 0.1) is 5.92 Å². The van der Waals surface area contributed by atoms with Crippen molar-refractivity contribution < 1.29 is 39.3 Å². The van der Waals surface area contributed by atoms with Gasteiger partial charge in [-0.15, -0.1) is 0 Å². The molecule has 1 rings (SSSR count). The number of carbonyl (C=O) groups is 5. The quantitative estimate of drug-likeness (QED) is 0.149. The van der Waals surface area contributed by atoms with E-state index < -0.39 is 72.8 Å². The summed E-state index contributed by atoms with van der Waals surface area (Å²) in [6.07, 6.45) is 1.86. The van der Waals surface area contributed by atoms with Crippen molar-refractivity contribution in [3.05, 3.63) is 18.2 Å². The molecule has 0 saturated carbocycles. The summed E-state index contributed by atoms with van der Waals surface area (Å²) in [5.74, 6) is -5.98. The van der Waals surface area contributed by atoms with Crippen molar-refractivity contribution in [1.29, 1.82) is 0 Å². The van der Waals surface area contributed by atoms with Gasteiger partial charge in [-0.2, -0.15) is 0 Å². The summed E-state index contributed by atoms with van der Waals surface area (Å²) in [5, 5.41) is 34.2. The van der Waals surface area contributed by atoms with Crippen LogP contribution in [0.5, 0.6) is 0 Å². The van der Waals surface area contributed by atoms with Crippen LogP contribution in [0.15, 0.2) is 12.5 Å². The van der Waals surface area contributed by atoms with Crippen LogP contribution in [0.4, 0.5) is 0 Å². The fourth-order valence-electron chi connectivity index (χ4n) is 2.61. The van der Waals surface area contributed by atoms with E-state index in [1.807, 2.05) is 0 Å². The van der Waals surface area contributed by atoms with Gasteiger partial charge in [0, 0.05) is 18.3 Å². The van der Waals surface area contributed by atoms with E-state index in [0.29, 0.717) is 5.69 Å². The second-order valence-electron chi connectivity index (χ2n) is 7.36. The van der Waals surface area contributed by atoms with E-state index in [1.165, 1.54) is 12.5 Å². The molecule has 0 fully saturated rings. The number of hydrogen-bond donors (Lipinski definition) is 8. The predicted octanol–water partition coefficient (Wildman–Crippen LogP) is -3.06. The van der Waals surface area contributed by atoms with Gasteiger partial charge in [-0.3, -0.25) is 19.2 Å². The number of aliphatic hydroxyl groups excluding tert-OH is 1. The molecule has 178 valence electrons. The highest BCUT2D eigenvalue weighted by molar-refractivity contribution is 5.95. The maximum absolute atomic E-state index is 12.7. The molecule has 1 heterocycles. The van der Waals surface area contributed by atoms with Crippen molar-refractivity contribution in [2.24, 2.45) is 11.7 Å². The molecule has 14 nitrogen and oxygen atoms in total. The minimum Gasteiger partial charge on any atom is -0.481 e. The fourth-order valence-corrected chi connectivity index (χ4v) is 2.61. The number of hydrogen-bond acceptors (Lipinski definition) is 8. The number of carbonyl (C=O) groups excluding carboxylic acids is 3. The van der Waals surface area contributed by atoms with Gasteiger partial charge in [0.05, 0.1) is 19.4 Å². The number of carboxylic acid groups (broad SMARTS) is 2. The highest BCUT2D eigenvalue weighted by Gasteiger charge is 2.32. The molecule has 0 aliphatic rings. The maximum Gasteiger partial charge on any atom is 0.326 e. The number of rotatable bonds is 13. The molecule has 0 saturated heterocycles. The minimum atomic E-state index is -1.58. The average Bonchev–Trinajstić information content (AvgIpc) is 3.22. The molecule has 0 aromatic carbocycles. The molecule has 9 N–H and O–H groups in total. The van der Waals surface area contributed by atoms with Crippen molar-refractivity contribution in [2.45, 2.75) is 50.9 Å². The molecule has 4 atom stereocenters. The molecular weight excluding hydrogens is 428 g/mol. The first kappa shape index (κ1) is 26.5. The second kappa shape index (κ2) is 12.4. The first-order valence-corrected chi connectivity index (χ1v) is 9.65. The third-order valence-corrected chi connectivity index (χ3v) is 4.39. The number of aliphatic carboxylic acids is 2. The number of nitrogens with zero attached hydrogens (tertiary/aromatic N) is 1. The van der Waals surface area contributed by atoms with Crippen LogP contribution in [-0.4, -0.2) is 85.7 Å². The number of nitrogens with one attached hydrogen (secondary N) is 4. The zero-order chi connectivity index (χ0) is 24.4. The van der Waals surface area contributed by atoms with Gasteiger partial charge in [0.15, 0.2) is 0 Å². The van der Waals surface area contributed by atoms with Crippen molar-refractivity contribution in [3.63, 3.8) is 0 Å². The van der Waals surface area contributed by atoms with E-state index in [1.54, 1.807) is 13.8 Å². The highest BCUT2D eigenvalue weighted by atomic mass is 16.4. The van der Waals surface area contributed by atoms with E-state index in [9.17, 15) is 29.1 Å². The Hall–Kier alpha value is -3.52. The number of aromatic amines is 1. The topological polar surface area (TPSA) is 237 Å². The van der Waals surface area contributed by atoms with Crippen LogP contribution in [0.1, 0.15) is 26.0 Å². The standard InChI is InChI=1S/C18H28N6O8/c1-8(2)14(17(30)23-12(18(31)32)3-9-5-20-7-21-9)24-16(29)11(4-13(26)27)22-15(28)10(19)6-25/h5,7-8,10-12,14,25H,3-4,6,19H2,1-2H3,(H,20,21)(H,22,28)(H,23,30)(H,24,29)(H,26,27)(H,31,32). The lowest BCUT2D eigenvalue weighted by Crippen LogP contribution is -2.59. The third-order valence-electron chi connectivity index (χ3n) is 4.39. The van der Waals surface area contributed by atoms with Gasteiger partial charge in [0.25, 0.3) is 0 Å². The van der Waals surface area contributed by atoms with Crippen LogP contribution in [-0.2, 0) is 30.4 Å². The van der Waals surface area contributed by atoms with E-state index in [2.05, 4.69) is 25.9 Å². The smallest absolute Gasteiger partial charge is 0.326 e. The number of carboxylic acids is 2. The Balaban J connectivity index is 2.93. The SMILES string of the molecule is CC(C)C(NC(=O)C(CC(=O)O)NC(=O)C(N)CO)C(=O)NC(Cc1cnc[nH]1)C(=O)O. The molecule has 14 heteroatoms. The van der Waals surface area contributed by atoms with Crippen molar-refractivity contribution >= 4 is 29.7 Å². The highest BCUT2D eigenvalue weighted by Crippen LogP contribution is 2.06. The van der Waals surface area contributed by atoms with Gasteiger partial charge in [0.1, 0.15) is 24.2 Å². The molecule has 0 spiro atoms. The lowest BCUT2D eigenvalue weighted by atomic mass is 10.0. The molecule has 0 radical (unpaired) electrons. The Kier molecular flexibility index (Phi) is 10.2. The second-order valence-corrected chi connectivity index (χ2v) is 7.36. The molecule has 1 aromatic heterocycles. The number of aromatic nitrogens is 2. The first-order valence-electron chi connectivity index (χ1n) is 9.65. The molecule has 1 aromatic rings. The van der Waals surface area contributed by atoms with Crippen molar-refractivity contribution in [3.8, 4) is 0 Å². The Morgan fingerprint density at radius 1 is 1.03 bits per heavy atom. The number of amides is 3. The zero-order valence-electron chi connectivity index (χ0n) is 17.6. The van der Waals surface area contributed by atoms with Crippen LogP contribution >= 0.6 is 0 Å². The summed E-state index contributed by atoms with van der Waals surface area (Å²) < 4.78 is 0. The molecule has 4 unspecified atom stereocenters. The molecule has 0 bridgehead atoms. The van der Waals surface area contributed by atoms with Gasteiger partial charge in [-0.05, 0) is 5.92 Å². The molecule has 0 aliphatic heterocycles. The monoisotopic (exact) mass is 456 g/mol. The van der Waals surface area contributed by atoms with Gasteiger partial charge < -0.3 is 42.0 Å². The van der Waals surface area contributed by atoms with E-state index in [4.69, 9.17) is 15.9 Å². The van der Waals surface area contributed by atoms with Crippen LogP contribution in [0.3, 0.4) is 0 Å². The Bertz CT molecular complexity index is 812. The van der Waals surface area contributed by atoms with Crippen molar-refractivity contribution in [2.75, 3.05) is 6.61 Å². The van der Waals surface area contributed by atoms with Crippen molar-refractivity contribution in [1.82, 2.24) is 25.9 Å². The normalized spacial score (nSPS) is 14.7. The van der Waals surface area contributed by atoms with E-state index in [0.717, 1.165) is 0 Å². The number of imidazole rings is 1. The summed E-state index contributed by atoms with van der Waals surface area (Å²) >= 11 is 0. The first-order chi connectivity index (χ1) is 15.0. The third kappa shape index (κ3) is 8.31. The van der Waals surface area contributed by atoms with Crippen LogP contribution in [0.2, 0.25) is 0 Å². The minimum absolute atomic E-state index is 0.0867. The van der Waals surface area contributed by atoms with Gasteiger partial charge in [0.2, 0.25) is 17.7 Å². The number of H-pyrrole nitrogens is 1. The zero-order valence-corrected chi connectivity index (χ0v) is 17.6. The molecule has 32 heavy (non-hydrogen) atoms. The van der Waals surface area contributed by atoms with Crippen LogP contribution in [0.25, 0.3) is 0 Å². The van der Waals surface area contributed by atoms with Gasteiger partial charge in [-0.1, -0.05) is 13.8 Å². The maximum atomic E-state index is 12.7. The van der Waals surface area contributed by atoms with Crippen LogP contribution < -0.4 is 21.7 Å². The molecule has 0 aliphatic carbocycles. The Labute approximate surface area is 183 Å². The number of aliphatic hydroxyl groups is 1. The average molecular weight is 456 g/mol. The molecule has 3 amide bonds. The van der Waals surface area contributed by atoms with Gasteiger partial charge >= 0.3 is 11.9 Å². The summed E-state index contributed by atoms with van der Waals surface area (Å²) in [6, 6.07) is -5.50. The Morgan fingerprint density at radius 3 is 2.12 bits per heavy atom. The summed E-state index contributed by atoms with van der Waals surface area (Å²) in [4.78, 5) is 66.3. The molecular formula is C18H28N6O8. The summed E-state index contributed by atoms with van der Waals surface area (Å²) in [5.41, 5.74) is 5.83. The van der Waals surface area contributed by atoms with Gasteiger partial charge in [-0.25, -0.2) is 9.78 Å². The predicted molar refractivity (Wildman–Crippen MR) is 108 cm³/mol. The number of nitrogens with two attached hydrogens (primary N) is 1. The van der Waals surface area contributed by atoms with E-state index >= 15 is 0 Å². The summed E-state index contributed by atoms with van der Waals surface area (Å²) in [7, 11) is 0. The van der Waals surface area contributed by atoms with E-state index in [-0.39, 0.29) is 6.42 Å². The lowest BCUT2D eigenvalue weighted by molar-refractivity contribution is -0.143.